The second-order valence-electron chi connectivity index (χ2n) is 9.26. The van der Waals surface area contributed by atoms with E-state index in [1.54, 1.807) is 27.7 Å². The second kappa shape index (κ2) is 13.6. The summed E-state index contributed by atoms with van der Waals surface area (Å²) in [6.45, 7) is 7.90. The number of likely N-dealkylation sites (tertiary alicyclic amines) is 1. The highest BCUT2D eigenvalue weighted by molar-refractivity contribution is 5.95. The van der Waals surface area contributed by atoms with Gasteiger partial charge in [-0.15, -0.1) is 0 Å². The number of amides is 5. The van der Waals surface area contributed by atoms with Crippen LogP contribution in [0.15, 0.2) is 0 Å². The van der Waals surface area contributed by atoms with Gasteiger partial charge in [-0.05, 0) is 31.6 Å². The monoisotopic (exact) mass is 498 g/mol. The normalized spacial score (nSPS) is 17.9. The summed E-state index contributed by atoms with van der Waals surface area (Å²) >= 11 is 0. The van der Waals surface area contributed by atoms with Crippen LogP contribution in [0, 0.1) is 11.8 Å². The van der Waals surface area contributed by atoms with Gasteiger partial charge in [-0.25, -0.2) is 4.79 Å². The SMILES string of the molecule is CC(C)[C@H](NC(=O)CN)C(=O)NCC(=O)N[C@H](C(=O)N[C@@H](C)C(=O)N1CCC[C@H]1C(=O)O)C(C)C. The molecule has 0 aliphatic carbocycles. The van der Waals surface area contributed by atoms with Crippen molar-refractivity contribution < 1.29 is 33.9 Å². The summed E-state index contributed by atoms with van der Waals surface area (Å²) in [6.07, 6.45) is 0.916. The predicted molar refractivity (Wildman–Crippen MR) is 126 cm³/mol. The molecule has 13 heteroatoms. The van der Waals surface area contributed by atoms with Gasteiger partial charge in [0.05, 0.1) is 13.1 Å². The lowest BCUT2D eigenvalue weighted by Crippen LogP contribution is -2.57. The predicted octanol–water partition coefficient (Wildman–Crippen LogP) is -2.08. The van der Waals surface area contributed by atoms with E-state index < -0.39 is 66.2 Å². The molecule has 1 heterocycles. The number of carbonyl (C=O) groups is 6. The Morgan fingerprint density at radius 1 is 0.886 bits per heavy atom. The average Bonchev–Trinajstić information content (AvgIpc) is 3.28. The maximum absolute atomic E-state index is 12.8. The highest BCUT2D eigenvalue weighted by atomic mass is 16.4. The maximum atomic E-state index is 12.8. The van der Waals surface area contributed by atoms with E-state index in [1.807, 2.05) is 0 Å². The van der Waals surface area contributed by atoms with Crippen LogP contribution in [-0.2, 0) is 28.8 Å². The lowest BCUT2D eigenvalue weighted by atomic mass is 10.0. The molecule has 1 rings (SSSR count). The van der Waals surface area contributed by atoms with Crippen molar-refractivity contribution in [3.63, 3.8) is 0 Å². The first kappa shape index (κ1) is 29.8. The summed E-state index contributed by atoms with van der Waals surface area (Å²) in [6, 6.07) is -3.79. The molecule has 198 valence electrons. The molecule has 0 spiro atoms. The Morgan fingerprint density at radius 2 is 1.43 bits per heavy atom. The molecule has 1 aliphatic rings. The Balaban J connectivity index is 2.70. The Bertz CT molecular complexity index is 816. The summed E-state index contributed by atoms with van der Waals surface area (Å²) in [7, 11) is 0. The number of carboxylic acid groups (broad SMARTS) is 1. The van der Waals surface area contributed by atoms with Crippen molar-refractivity contribution in [2.75, 3.05) is 19.6 Å². The summed E-state index contributed by atoms with van der Waals surface area (Å²) in [5, 5.41) is 19.3. The Hall–Kier alpha value is -3.22. The molecule has 1 aliphatic heterocycles. The van der Waals surface area contributed by atoms with E-state index in [9.17, 15) is 33.9 Å². The van der Waals surface area contributed by atoms with E-state index in [1.165, 1.54) is 11.8 Å². The lowest BCUT2D eigenvalue weighted by molar-refractivity contribution is -0.149. The molecule has 4 atom stereocenters. The quantitative estimate of drug-likeness (QED) is 0.176. The molecule has 13 nitrogen and oxygen atoms in total. The highest BCUT2D eigenvalue weighted by Gasteiger charge is 2.37. The molecular weight excluding hydrogens is 460 g/mol. The van der Waals surface area contributed by atoms with Gasteiger partial charge in [0.1, 0.15) is 24.2 Å². The third kappa shape index (κ3) is 8.81. The van der Waals surface area contributed by atoms with Crippen molar-refractivity contribution in [2.24, 2.45) is 17.6 Å². The van der Waals surface area contributed by atoms with Crippen molar-refractivity contribution in [1.82, 2.24) is 26.2 Å². The number of nitrogens with two attached hydrogens (primary N) is 1. The number of nitrogens with one attached hydrogen (secondary N) is 4. The first-order chi connectivity index (χ1) is 16.3. The largest absolute Gasteiger partial charge is 0.480 e. The molecule has 0 aromatic heterocycles. The van der Waals surface area contributed by atoms with Gasteiger partial charge in [-0.2, -0.15) is 0 Å². The molecule has 1 fully saturated rings. The van der Waals surface area contributed by atoms with Crippen LogP contribution in [0.4, 0.5) is 0 Å². The zero-order valence-electron chi connectivity index (χ0n) is 20.9. The Morgan fingerprint density at radius 3 is 1.94 bits per heavy atom. The molecule has 0 radical (unpaired) electrons. The molecule has 7 N–H and O–H groups in total. The number of aliphatic carboxylic acids is 1. The average molecular weight is 499 g/mol. The van der Waals surface area contributed by atoms with Crippen molar-refractivity contribution in [1.29, 1.82) is 0 Å². The van der Waals surface area contributed by atoms with Crippen LogP contribution in [0.1, 0.15) is 47.5 Å². The van der Waals surface area contributed by atoms with Gasteiger partial charge in [-0.1, -0.05) is 27.7 Å². The Labute approximate surface area is 204 Å². The zero-order valence-corrected chi connectivity index (χ0v) is 20.9. The number of carboxylic acids is 1. The van der Waals surface area contributed by atoms with E-state index in [0.717, 1.165) is 0 Å². The minimum absolute atomic E-state index is 0.252. The van der Waals surface area contributed by atoms with Crippen LogP contribution in [0.25, 0.3) is 0 Å². The fourth-order valence-electron chi connectivity index (χ4n) is 3.70. The Kier molecular flexibility index (Phi) is 11.6. The first-order valence-corrected chi connectivity index (χ1v) is 11.7. The fourth-order valence-corrected chi connectivity index (χ4v) is 3.70. The molecule has 1 saturated heterocycles. The van der Waals surface area contributed by atoms with Crippen LogP contribution >= 0.6 is 0 Å². The standard InChI is InChI=1S/C22H38N6O7/c1-11(2)17(26-15(29)9-23)19(31)24-10-16(30)27-18(12(3)4)20(32)25-13(5)21(33)28-8-6-7-14(28)22(34)35/h11-14,17-18H,6-10,23H2,1-5H3,(H,24,31)(H,25,32)(H,26,29)(H,27,30)(H,34,35)/t13-,14-,17-,18-/m0/s1. The molecule has 0 aromatic carbocycles. The number of rotatable bonds is 12. The van der Waals surface area contributed by atoms with E-state index in [2.05, 4.69) is 21.3 Å². The van der Waals surface area contributed by atoms with Crippen LogP contribution in [-0.4, -0.2) is 89.3 Å². The van der Waals surface area contributed by atoms with Gasteiger partial charge in [0.25, 0.3) is 0 Å². The molecule has 35 heavy (non-hydrogen) atoms. The van der Waals surface area contributed by atoms with E-state index >= 15 is 0 Å². The lowest BCUT2D eigenvalue weighted by Gasteiger charge is -2.28. The molecule has 0 aromatic rings. The first-order valence-electron chi connectivity index (χ1n) is 11.7. The minimum Gasteiger partial charge on any atom is -0.480 e. The number of hydrogen-bond acceptors (Lipinski definition) is 7. The molecular formula is C22H38N6O7. The number of carbonyl (C=O) groups excluding carboxylic acids is 5. The summed E-state index contributed by atoms with van der Waals surface area (Å²) in [5.74, 6) is -4.52. The fraction of sp³-hybridized carbons (Fsp3) is 0.727. The van der Waals surface area contributed by atoms with Crippen LogP contribution in [0.5, 0.6) is 0 Å². The van der Waals surface area contributed by atoms with Crippen molar-refractivity contribution in [3.8, 4) is 0 Å². The second-order valence-corrected chi connectivity index (χ2v) is 9.26. The smallest absolute Gasteiger partial charge is 0.326 e. The maximum Gasteiger partial charge on any atom is 0.326 e. The molecule has 5 amide bonds. The van der Waals surface area contributed by atoms with Gasteiger partial charge in [0.15, 0.2) is 0 Å². The van der Waals surface area contributed by atoms with Crippen molar-refractivity contribution in [2.45, 2.75) is 71.6 Å². The van der Waals surface area contributed by atoms with E-state index in [-0.39, 0.29) is 18.4 Å². The van der Waals surface area contributed by atoms with Gasteiger partial charge >= 0.3 is 5.97 Å². The summed E-state index contributed by atoms with van der Waals surface area (Å²) in [5.41, 5.74) is 5.27. The molecule has 0 saturated carbocycles. The van der Waals surface area contributed by atoms with Gasteiger partial charge in [-0.3, -0.25) is 24.0 Å². The minimum atomic E-state index is -1.09. The third-order valence-electron chi connectivity index (χ3n) is 5.69. The topological polar surface area (TPSA) is 200 Å². The number of nitrogens with zero attached hydrogens (tertiary/aromatic N) is 1. The highest BCUT2D eigenvalue weighted by Crippen LogP contribution is 2.18. The van der Waals surface area contributed by atoms with Gasteiger partial charge in [0.2, 0.25) is 29.5 Å². The molecule has 0 bridgehead atoms. The number of hydrogen-bond donors (Lipinski definition) is 6. The third-order valence-corrected chi connectivity index (χ3v) is 5.69. The van der Waals surface area contributed by atoms with E-state index in [0.29, 0.717) is 19.4 Å². The van der Waals surface area contributed by atoms with Crippen LogP contribution < -0.4 is 27.0 Å². The van der Waals surface area contributed by atoms with Gasteiger partial charge < -0.3 is 37.0 Å². The summed E-state index contributed by atoms with van der Waals surface area (Å²) in [4.78, 5) is 74.4. The summed E-state index contributed by atoms with van der Waals surface area (Å²) < 4.78 is 0. The van der Waals surface area contributed by atoms with Crippen molar-refractivity contribution in [3.05, 3.63) is 0 Å². The zero-order chi connectivity index (χ0) is 26.9. The van der Waals surface area contributed by atoms with E-state index in [4.69, 9.17) is 5.73 Å². The van der Waals surface area contributed by atoms with Gasteiger partial charge in [0, 0.05) is 6.54 Å². The van der Waals surface area contributed by atoms with Crippen molar-refractivity contribution >= 4 is 35.5 Å². The molecule has 0 unspecified atom stereocenters. The van der Waals surface area contributed by atoms with Crippen LogP contribution in [0.2, 0.25) is 0 Å². The van der Waals surface area contributed by atoms with Crippen LogP contribution in [0.3, 0.4) is 0 Å².